The molecule has 1 atom stereocenters. The van der Waals surface area contributed by atoms with Crippen LogP contribution in [0.15, 0.2) is 26.9 Å². The average molecular weight is 440 g/mol. The number of hydrogen-bond donors (Lipinski definition) is 1. The van der Waals surface area contributed by atoms with Crippen molar-refractivity contribution in [2.45, 2.75) is 24.7 Å². The van der Waals surface area contributed by atoms with E-state index in [9.17, 15) is 13.2 Å². The van der Waals surface area contributed by atoms with Crippen LogP contribution in [0, 0.1) is 12.8 Å². The van der Waals surface area contributed by atoms with Gasteiger partial charge in [0, 0.05) is 31.6 Å². The van der Waals surface area contributed by atoms with E-state index in [0.717, 1.165) is 4.88 Å². The molecule has 2 aromatic rings. The normalized spacial score (nSPS) is 18.3. The van der Waals surface area contributed by atoms with Crippen molar-refractivity contribution in [3.05, 3.63) is 33.8 Å². The lowest BCUT2D eigenvalue weighted by molar-refractivity contribution is -0.126. The van der Waals surface area contributed by atoms with Gasteiger partial charge in [0.05, 0.1) is 12.5 Å². The molecule has 158 valence electrons. The van der Waals surface area contributed by atoms with Crippen LogP contribution in [0.4, 0.5) is 0 Å². The third-order valence-electron chi connectivity index (χ3n) is 4.73. The van der Waals surface area contributed by atoms with Crippen molar-refractivity contribution in [2.75, 3.05) is 33.4 Å². The van der Waals surface area contributed by atoms with Crippen molar-refractivity contribution in [2.24, 2.45) is 5.92 Å². The maximum absolute atomic E-state index is 13.3. The number of thiophene rings is 1. The van der Waals surface area contributed by atoms with Crippen LogP contribution < -0.4 is 5.32 Å². The Kier molecular flexibility index (Phi) is 7.23. The second kappa shape index (κ2) is 9.66. The predicted molar refractivity (Wildman–Crippen MR) is 111 cm³/mol. The van der Waals surface area contributed by atoms with E-state index in [1.165, 1.54) is 15.6 Å². The van der Waals surface area contributed by atoms with Crippen LogP contribution in [0.3, 0.4) is 0 Å². The van der Waals surface area contributed by atoms with E-state index < -0.39 is 10.0 Å². The molecule has 3 heterocycles. The number of aromatic nitrogens is 1. The summed E-state index contributed by atoms with van der Waals surface area (Å²) in [6.45, 7) is 2.93. The molecule has 0 saturated carbocycles. The Labute approximate surface area is 174 Å². The number of piperidine rings is 1. The van der Waals surface area contributed by atoms with Crippen molar-refractivity contribution < 1.29 is 22.5 Å². The number of amides is 1. The quantitative estimate of drug-likeness (QED) is 0.634. The molecule has 1 fully saturated rings. The molecule has 2 aromatic heterocycles. The molecule has 3 rings (SSSR count). The first kappa shape index (κ1) is 21.7. The summed E-state index contributed by atoms with van der Waals surface area (Å²) in [7, 11) is -2.28. The van der Waals surface area contributed by atoms with Crippen molar-refractivity contribution in [1.29, 1.82) is 0 Å². The number of nitrogens with one attached hydrogen (secondary N) is 1. The van der Waals surface area contributed by atoms with Crippen molar-refractivity contribution in [3.63, 3.8) is 0 Å². The molecular formula is C19H25N3O5S2. The number of nitrogens with zero attached hydrogens (tertiary/aromatic N) is 2. The van der Waals surface area contributed by atoms with Gasteiger partial charge in [-0.25, -0.2) is 8.42 Å². The minimum Gasteiger partial charge on any atom is -0.383 e. The number of carbonyl (C=O) groups excluding carboxylic acids is 1. The third kappa shape index (κ3) is 5.13. The van der Waals surface area contributed by atoms with Crippen molar-refractivity contribution in [1.82, 2.24) is 14.8 Å². The van der Waals surface area contributed by atoms with Gasteiger partial charge in [0.1, 0.15) is 5.69 Å². The van der Waals surface area contributed by atoms with E-state index in [-0.39, 0.29) is 29.0 Å². The smallest absolute Gasteiger partial charge is 0.248 e. The Hall–Kier alpha value is -2.01. The molecule has 1 amide bonds. The molecule has 0 spiro atoms. The highest BCUT2D eigenvalue weighted by Gasteiger charge is 2.36. The standard InChI is InChI=1S/C19H25N3O5S2/c1-14-18(17(27-21-14)8-7-16-6-4-12-28-16)29(24,25)22-10-3-5-15(13-22)19(23)20-9-11-26-2/h4,6-8,12,15H,3,5,9-11,13H2,1-2H3,(H,20,23)/b8-7+. The molecule has 8 nitrogen and oxygen atoms in total. The first-order valence-electron chi connectivity index (χ1n) is 9.38. The molecule has 1 aliphatic heterocycles. The second-order valence-electron chi connectivity index (χ2n) is 6.80. The second-order valence-corrected chi connectivity index (χ2v) is 9.65. The number of aryl methyl sites for hydroxylation is 1. The van der Waals surface area contributed by atoms with Gasteiger partial charge in [-0.15, -0.1) is 11.3 Å². The minimum absolute atomic E-state index is 0.0609. The lowest BCUT2D eigenvalue weighted by Crippen LogP contribution is -2.46. The first-order chi connectivity index (χ1) is 13.9. The van der Waals surface area contributed by atoms with Crippen LogP contribution in [0.2, 0.25) is 0 Å². The Bertz CT molecular complexity index is 951. The molecule has 29 heavy (non-hydrogen) atoms. The summed E-state index contributed by atoms with van der Waals surface area (Å²) >= 11 is 1.54. The van der Waals surface area contributed by atoms with Gasteiger partial charge in [0.2, 0.25) is 15.9 Å². The topological polar surface area (TPSA) is 102 Å². The summed E-state index contributed by atoms with van der Waals surface area (Å²) in [5.74, 6) is -0.343. The van der Waals surface area contributed by atoms with Gasteiger partial charge in [0.15, 0.2) is 10.7 Å². The highest BCUT2D eigenvalue weighted by Crippen LogP contribution is 2.29. The van der Waals surface area contributed by atoms with Gasteiger partial charge >= 0.3 is 0 Å². The van der Waals surface area contributed by atoms with Gasteiger partial charge in [-0.1, -0.05) is 11.2 Å². The van der Waals surface area contributed by atoms with Gasteiger partial charge in [0.25, 0.3) is 0 Å². The zero-order valence-corrected chi connectivity index (χ0v) is 18.1. The molecule has 0 radical (unpaired) electrons. The van der Waals surface area contributed by atoms with E-state index in [4.69, 9.17) is 9.26 Å². The van der Waals surface area contributed by atoms with E-state index in [2.05, 4.69) is 10.5 Å². The highest BCUT2D eigenvalue weighted by atomic mass is 32.2. The van der Waals surface area contributed by atoms with Gasteiger partial charge < -0.3 is 14.6 Å². The van der Waals surface area contributed by atoms with Crippen LogP contribution >= 0.6 is 11.3 Å². The molecule has 0 aromatic carbocycles. The zero-order valence-electron chi connectivity index (χ0n) is 16.5. The first-order valence-corrected chi connectivity index (χ1v) is 11.7. The van der Waals surface area contributed by atoms with Crippen LogP contribution in [0.25, 0.3) is 12.2 Å². The van der Waals surface area contributed by atoms with Crippen LogP contribution in [-0.4, -0.2) is 57.1 Å². The molecule has 0 bridgehead atoms. The zero-order chi connectivity index (χ0) is 20.9. The number of rotatable bonds is 8. The largest absolute Gasteiger partial charge is 0.383 e. The predicted octanol–water partition coefficient (Wildman–Crippen LogP) is 2.38. The molecule has 1 unspecified atom stereocenters. The van der Waals surface area contributed by atoms with Crippen LogP contribution in [0.5, 0.6) is 0 Å². The SMILES string of the molecule is COCCNC(=O)C1CCCN(S(=O)(=O)c2c(C)noc2/C=C/c2cccs2)C1. The highest BCUT2D eigenvalue weighted by molar-refractivity contribution is 7.89. The Morgan fingerprint density at radius 2 is 2.31 bits per heavy atom. The third-order valence-corrected chi connectivity index (χ3v) is 7.60. The molecule has 1 saturated heterocycles. The monoisotopic (exact) mass is 439 g/mol. The van der Waals surface area contributed by atoms with E-state index >= 15 is 0 Å². The average Bonchev–Trinajstić information content (AvgIpc) is 3.36. The number of sulfonamides is 1. The summed E-state index contributed by atoms with van der Waals surface area (Å²) < 4.78 is 38.2. The van der Waals surface area contributed by atoms with Crippen molar-refractivity contribution >= 4 is 39.4 Å². The Morgan fingerprint density at radius 1 is 1.48 bits per heavy atom. The molecular weight excluding hydrogens is 414 g/mol. The Morgan fingerprint density at radius 3 is 3.03 bits per heavy atom. The summed E-state index contributed by atoms with van der Waals surface area (Å²) in [6, 6.07) is 3.84. The summed E-state index contributed by atoms with van der Waals surface area (Å²) in [5.41, 5.74) is 0.308. The van der Waals surface area contributed by atoms with Crippen molar-refractivity contribution in [3.8, 4) is 0 Å². The van der Waals surface area contributed by atoms with E-state index in [1.807, 2.05) is 17.5 Å². The fourth-order valence-corrected chi connectivity index (χ4v) is 5.66. The lowest BCUT2D eigenvalue weighted by Gasteiger charge is -2.31. The number of hydrogen-bond acceptors (Lipinski definition) is 7. The van der Waals surface area contributed by atoms with Gasteiger partial charge in [-0.2, -0.15) is 4.31 Å². The van der Waals surface area contributed by atoms with Gasteiger partial charge in [-0.3, -0.25) is 4.79 Å². The van der Waals surface area contributed by atoms with E-state index in [0.29, 0.717) is 38.2 Å². The number of carbonyl (C=O) groups is 1. The van der Waals surface area contributed by atoms with E-state index in [1.54, 1.807) is 26.2 Å². The van der Waals surface area contributed by atoms with Gasteiger partial charge in [-0.05, 0) is 43.4 Å². The molecule has 1 aliphatic rings. The fourth-order valence-electron chi connectivity index (χ4n) is 3.27. The molecule has 1 N–H and O–H groups in total. The Balaban J connectivity index is 1.78. The van der Waals surface area contributed by atoms with Crippen LogP contribution in [-0.2, 0) is 19.6 Å². The summed E-state index contributed by atoms with van der Waals surface area (Å²) in [6.07, 6.45) is 4.69. The molecule has 0 aliphatic carbocycles. The number of ether oxygens (including phenoxy) is 1. The maximum Gasteiger partial charge on any atom is 0.248 e. The lowest BCUT2D eigenvalue weighted by atomic mass is 9.99. The fraction of sp³-hybridized carbons (Fsp3) is 0.474. The maximum atomic E-state index is 13.3. The number of methoxy groups -OCH3 is 1. The molecule has 10 heteroatoms. The minimum atomic E-state index is -3.84. The summed E-state index contributed by atoms with van der Waals surface area (Å²) in [4.78, 5) is 13.4. The van der Waals surface area contributed by atoms with Crippen LogP contribution in [0.1, 0.15) is 29.2 Å². The summed E-state index contributed by atoms with van der Waals surface area (Å²) in [5, 5.41) is 8.59.